The minimum atomic E-state index is -0.471. The van der Waals surface area contributed by atoms with E-state index in [9.17, 15) is 9.59 Å². The molecule has 0 aliphatic carbocycles. The van der Waals surface area contributed by atoms with Gasteiger partial charge in [0.05, 0.1) is 12.1 Å². The van der Waals surface area contributed by atoms with Crippen molar-refractivity contribution in [3.05, 3.63) is 58.1 Å². The van der Waals surface area contributed by atoms with E-state index in [1.54, 1.807) is 16.1 Å². The van der Waals surface area contributed by atoms with Gasteiger partial charge >= 0.3 is 0 Å². The third kappa shape index (κ3) is 3.42. The predicted octanol–water partition coefficient (Wildman–Crippen LogP) is 2.27. The monoisotopic (exact) mass is 359 g/mol. The second-order valence-corrected chi connectivity index (χ2v) is 6.14. The third-order valence-corrected chi connectivity index (χ3v) is 4.26. The summed E-state index contributed by atoms with van der Waals surface area (Å²) in [6.45, 7) is 0. The maximum Gasteiger partial charge on any atom is 0.276 e. The average Bonchev–Trinajstić information content (AvgIpc) is 3.14. The van der Waals surface area contributed by atoms with E-state index >= 15 is 0 Å². The molecule has 122 valence electrons. The average molecular weight is 359 g/mol. The lowest BCUT2D eigenvalue weighted by atomic mass is 10.3. The number of primary amides is 1. The number of imidazole rings is 1. The van der Waals surface area contributed by atoms with Crippen LogP contribution in [0.15, 0.2) is 41.9 Å². The van der Waals surface area contributed by atoms with Gasteiger partial charge in [-0.1, -0.05) is 18.2 Å². The van der Waals surface area contributed by atoms with E-state index in [1.165, 1.54) is 11.3 Å². The molecule has 0 radical (unpaired) electrons. The Morgan fingerprint density at radius 2 is 2.08 bits per heavy atom. The number of para-hydroxylation sites is 1. The molecule has 0 unspecified atom stereocenters. The SMILES string of the molecule is NC(=O)Cc1csc(NC(=O)c2c[nH]c(=S)n2-c2ccccc2)n1. The molecular formula is C15H13N5O2S2. The summed E-state index contributed by atoms with van der Waals surface area (Å²) >= 11 is 6.48. The number of aromatic amines is 1. The number of nitrogens with zero attached hydrogens (tertiary/aromatic N) is 2. The van der Waals surface area contributed by atoms with Gasteiger partial charge < -0.3 is 10.7 Å². The molecule has 1 aromatic carbocycles. The van der Waals surface area contributed by atoms with E-state index in [0.29, 0.717) is 21.3 Å². The number of anilines is 1. The molecule has 0 fully saturated rings. The number of benzene rings is 1. The number of hydrogen-bond donors (Lipinski definition) is 3. The minimum absolute atomic E-state index is 0.0385. The van der Waals surface area contributed by atoms with E-state index in [0.717, 1.165) is 5.69 Å². The van der Waals surface area contributed by atoms with E-state index < -0.39 is 5.91 Å². The standard InChI is InChI=1S/C15H13N5O2S2/c16-12(21)6-9-8-24-14(18-9)19-13(22)11-7-17-15(23)20(11)10-4-2-1-3-5-10/h1-5,7-8H,6H2,(H2,16,21)(H,17,23)(H,18,19,22). The van der Waals surface area contributed by atoms with Crippen molar-refractivity contribution in [2.45, 2.75) is 6.42 Å². The zero-order chi connectivity index (χ0) is 17.1. The summed E-state index contributed by atoms with van der Waals surface area (Å²) in [5.74, 6) is -0.826. The van der Waals surface area contributed by atoms with Crippen molar-refractivity contribution in [3.63, 3.8) is 0 Å². The molecule has 3 aromatic rings. The Labute approximate surface area is 146 Å². The number of aromatic nitrogens is 3. The van der Waals surface area contributed by atoms with Crippen molar-refractivity contribution in [2.24, 2.45) is 5.73 Å². The molecule has 0 saturated carbocycles. The summed E-state index contributed by atoms with van der Waals surface area (Å²) in [5, 5.41) is 4.78. The van der Waals surface area contributed by atoms with Crippen molar-refractivity contribution < 1.29 is 9.59 Å². The van der Waals surface area contributed by atoms with E-state index in [4.69, 9.17) is 18.0 Å². The van der Waals surface area contributed by atoms with Gasteiger partial charge in [-0.25, -0.2) is 4.98 Å². The van der Waals surface area contributed by atoms with Crippen LogP contribution in [0, 0.1) is 4.77 Å². The lowest BCUT2D eigenvalue weighted by molar-refractivity contribution is -0.117. The molecule has 0 bridgehead atoms. The molecule has 2 amide bonds. The van der Waals surface area contributed by atoms with Crippen molar-refractivity contribution in [3.8, 4) is 5.69 Å². The van der Waals surface area contributed by atoms with E-state index in [-0.39, 0.29) is 12.3 Å². The highest BCUT2D eigenvalue weighted by molar-refractivity contribution is 7.71. The Balaban J connectivity index is 1.85. The highest BCUT2D eigenvalue weighted by Gasteiger charge is 2.16. The number of H-pyrrole nitrogens is 1. The maximum atomic E-state index is 12.5. The highest BCUT2D eigenvalue weighted by Crippen LogP contribution is 2.18. The molecule has 7 nitrogen and oxygen atoms in total. The highest BCUT2D eigenvalue weighted by atomic mass is 32.1. The smallest absolute Gasteiger partial charge is 0.276 e. The molecule has 24 heavy (non-hydrogen) atoms. The Morgan fingerprint density at radius 1 is 1.33 bits per heavy atom. The largest absolute Gasteiger partial charge is 0.369 e. The molecule has 2 aromatic heterocycles. The van der Waals surface area contributed by atoms with Crippen LogP contribution in [0.1, 0.15) is 16.2 Å². The van der Waals surface area contributed by atoms with Gasteiger partial charge in [0, 0.05) is 17.3 Å². The van der Waals surface area contributed by atoms with Crippen LogP contribution in [0.3, 0.4) is 0 Å². The first-order chi connectivity index (χ1) is 11.5. The summed E-state index contributed by atoms with van der Waals surface area (Å²) in [6.07, 6.45) is 1.58. The van der Waals surface area contributed by atoms with Crippen LogP contribution in [0.4, 0.5) is 5.13 Å². The van der Waals surface area contributed by atoms with Gasteiger partial charge in [-0.3, -0.25) is 19.5 Å². The Hall–Kier alpha value is -2.78. The molecule has 9 heteroatoms. The van der Waals surface area contributed by atoms with Crippen molar-refractivity contribution >= 4 is 40.5 Å². The zero-order valence-electron chi connectivity index (χ0n) is 12.4. The fourth-order valence-electron chi connectivity index (χ4n) is 2.15. The van der Waals surface area contributed by atoms with Crippen LogP contribution in [-0.4, -0.2) is 26.3 Å². The lowest BCUT2D eigenvalue weighted by Gasteiger charge is -2.07. The molecular weight excluding hydrogens is 346 g/mol. The Kier molecular flexibility index (Phi) is 4.54. The van der Waals surface area contributed by atoms with E-state index in [1.807, 2.05) is 30.3 Å². The normalized spacial score (nSPS) is 10.5. The van der Waals surface area contributed by atoms with Crippen molar-refractivity contribution in [1.29, 1.82) is 0 Å². The van der Waals surface area contributed by atoms with Crippen LogP contribution < -0.4 is 11.1 Å². The van der Waals surface area contributed by atoms with E-state index in [2.05, 4.69) is 15.3 Å². The first-order valence-electron chi connectivity index (χ1n) is 6.94. The molecule has 3 rings (SSSR count). The molecule has 4 N–H and O–H groups in total. The first kappa shape index (κ1) is 16.1. The van der Waals surface area contributed by atoms with Crippen molar-refractivity contribution in [1.82, 2.24) is 14.5 Å². The van der Waals surface area contributed by atoms with Crippen LogP contribution >= 0.6 is 23.6 Å². The second-order valence-electron chi connectivity index (χ2n) is 4.89. The number of hydrogen-bond acceptors (Lipinski definition) is 5. The number of nitrogens with one attached hydrogen (secondary N) is 2. The summed E-state index contributed by atoms with van der Waals surface area (Å²) in [4.78, 5) is 30.5. The molecule has 0 aliphatic heterocycles. The topological polar surface area (TPSA) is 106 Å². The predicted molar refractivity (Wildman–Crippen MR) is 93.9 cm³/mol. The van der Waals surface area contributed by atoms with Gasteiger partial charge in [-0.2, -0.15) is 0 Å². The second kappa shape index (κ2) is 6.77. The molecule has 0 saturated heterocycles. The van der Waals surface area contributed by atoms with Crippen molar-refractivity contribution in [2.75, 3.05) is 5.32 Å². The number of carbonyl (C=O) groups is 2. The fourth-order valence-corrected chi connectivity index (χ4v) is 3.12. The number of carbonyl (C=O) groups excluding carboxylic acids is 2. The summed E-state index contributed by atoms with van der Waals surface area (Å²) in [6, 6.07) is 9.32. The molecule has 0 spiro atoms. The summed E-state index contributed by atoms with van der Waals surface area (Å²) in [7, 11) is 0. The Morgan fingerprint density at radius 3 is 2.79 bits per heavy atom. The first-order valence-corrected chi connectivity index (χ1v) is 8.23. The molecule has 0 atom stereocenters. The maximum absolute atomic E-state index is 12.5. The quantitative estimate of drug-likeness (QED) is 0.608. The fraction of sp³-hybridized carbons (Fsp3) is 0.0667. The Bertz CT molecular complexity index is 942. The summed E-state index contributed by atoms with van der Waals surface area (Å²) < 4.78 is 2.06. The number of amides is 2. The van der Waals surface area contributed by atoms with Gasteiger partial charge in [0.15, 0.2) is 9.90 Å². The van der Waals surface area contributed by atoms with Gasteiger partial charge in [0.2, 0.25) is 5.91 Å². The third-order valence-electron chi connectivity index (χ3n) is 3.15. The van der Waals surface area contributed by atoms with Crippen LogP contribution in [-0.2, 0) is 11.2 Å². The van der Waals surface area contributed by atoms with Gasteiger partial charge in [0.1, 0.15) is 5.69 Å². The van der Waals surface area contributed by atoms with Crippen LogP contribution in [0.25, 0.3) is 5.69 Å². The van der Waals surface area contributed by atoms with Gasteiger partial charge in [0.25, 0.3) is 5.91 Å². The van der Waals surface area contributed by atoms with Crippen LogP contribution in [0.2, 0.25) is 0 Å². The van der Waals surface area contributed by atoms with Gasteiger partial charge in [-0.15, -0.1) is 11.3 Å². The number of nitrogens with two attached hydrogens (primary N) is 1. The summed E-state index contributed by atoms with van der Waals surface area (Å²) in [5.41, 5.74) is 6.80. The van der Waals surface area contributed by atoms with Crippen LogP contribution in [0.5, 0.6) is 0 Å². The minimum Gasteiger partial charge on any atom is -0.369 e. The zero-order valence-corrected chi connectivity index (χ0v) is 14.0. The number of rotatable bonds is 5. The molecule has 0 aliphatic rings. The number of thiazole rings is 1. The van der Waals surface area contributed by atoms with Gasteiger partial charge in [-0.05, 0) is 24.4 Å². The molecule has 2 heterocycles. The lowest BCUT2D eigenvalue weighted by Crippen LogP contribution is -2.17.